The van der Waals surface area contributed by atoms with Crippen molar-refractivity contribution >= 4 is 17.5 Å². The third kappa shape index (κ3) is 5.25. The van der Waals surface area contributed by atoms with Gasteiger partial charge in [-0.15, -0.1) is 0 Å². The number of hydrogen-bond donors (Lipinski definition) is 1. The van der Waals surface area contributed by atoms with Gasteiger partial charge >= 0.3 is 0 Å². The second-order valence-corrected chi connectivity index (χ2v) is 7.89. The van der Waals surface area contributed by atoms with Crippen molar-refractivity contribution in [3.63, 3.8) is 0 Å². The number of imidazole rings is 1. The summed E-state index contributed by atoms with van der Waals surface area (Å²) in [6, 6.07) is 7.44. The van der Waals surface area contributed by atoms with Crippen LogP contribution in [0.4, 0.5) is 0 Å². The van der Waals surface area contributed by atoms with E-state index in [4.69, 9.17) is 16.1 Å². The number of nitrogens with zero attached hydrogens (tertiary/aromatic N) is 5. The van der Waals surface area contributed by atoms with E-state index in [2.05, 4.69) is 25.3 Å². The normalized spacial score (nSPS) is 15.4. The molecule has 1 N–H and O–H groups in total. The first-order valence-corrected chi connectivity index (χ1v) is 10.6. The molecule has 0 atom stereocenters. The van der Waals surface area contributed by atoms with Crippen molar-refractivity contribution in [3.8, 4) is 11.4 Å². The predicted molar refractivity (Wildman–Crippen MR) is 113 cm³/mol. The number of likely N-dealkylation sites (tertiary alicyclic amines) is 1. The second kappa shape index (κ2) is 9.86. The Morgan fingerprint density at radius 1 is 1.27 bits per heavy atom. The molecule has 0 aliphatic carbocycles. The fourth-order valence-corrected chi connectivity index (χ4v) is 3.87. The number of hydrogen-bond acceptors (Lipinski definition) is 6. The quantitative estimate of drug-likeness (QED) is 0.555. The number of rotatable bonds is 8. The fourth-order valence-electron chi connectivity index (χ4n) is 3.65. The van der Waals surface area contributed by atoms with E-state index in [-0.39, 0.29) is 11.8 Å². The van der Waals surface area contributed by atoms with E-state index in [1.165, 1.54) is 0 Å². The maximum absolute atomic E-state index is 12.4. The summed E-state index contributed by atoms with van der Waals surface area (Å²) < 4.78 is 7.41. The highest BCUT2D eigenvalue weighted by atomic mass is 35.5. The van der Waals surface area contributed by atoms with Crippen molar-refractivity contribution in [1.29, 1.82) is 0 Å². The molecule has 9 heteroatoms. The van der Waals surface area contributed by atoms with Gasteiger partial charge in [-0.25, -0.2) is 4.98 Å². The Bertz CT molecular complexity index is 950. The van der Waals surface area contributed by atoms with Gasteiger partial charge in [0, 0.05) is 37.0 Å². The van der Waals surface area contributed by atoms with Crippen LogP contribution in [-0.2, 0) is 17.9 Å². The van der Waals surface area contributed by atoms with Gasteiger partial charge in [0.1, 0.15) is 0 Å². The molecular weight excluding hydrogens is 404 g/mol. The van der Waals surface area contributed by atoms with E-state index >= 15 is 0 Å². The minimum absolute atomic E-state index is 0.0656. The Balaban J connectivity index is 1.19. The van der Waals surface area contributed by atoms with Crippen molar-refractivity contribution in [2.24, 2.45) is 5.92 Å². The first kappa shape index (κ1) is 20.6. The van der Waals surface area contributed by atoms with Crippen molar-refractivity contribution in [3.05, 3.63) is 53.9 Å². The molecule has 0 spiro atoms. The van der Waals surface area contributed by atoms with Gasteiger partial charge in [-0.05, 0) is 44.5 Å². The lowest BCUT2D eigenvalue weighted by molar-refractivity contribution is -0.126. The van der Waals surface area contributed by atoms with Crippen LogP contribution in [0.1, 0.15) is 25.2 Å². The molecule has 0 saturated carbocycles. The van der Waals surface area contributed by atoms with Crippen LogP contribution in [0, 0.1) is 5.92 Å². The molecule has 0 bridgehead atoms. The zero-order chi connectivity index (χ0) is 20.8. The molecule has 0 unspecified atom stereocenters. The van der Waals surface area contributed by atoms with Crippen molar-refractivity contribution in [2.45, 2.75) is 32.4 Å². The number of aromatic nitrogens is 4. The Labute approximate surface area is 180 Å². The molecule has 1 amide bonds. The fraction of sp³-hybridized carbons (Fsp3) is 0.429. The number of benzene rings is 1. The molecule has 1 saturated heterocycles. The van der Waals surface area contributed by atoms with E-state index < -0.39 is 0 Å². The lowest BCUT2D eigenvalue weighted by Crippen LogP contribution is -2.40. The van der Waals surface area contributed by atoms with E-state index in [1.807, 2.05) is 29.0 Å². The van der Waals surface area contributed by atoms with Gasteiger partial charge in [-0.1, -0.05) is 28.9 Å². The van der Waals surface area contributed by atoms with E-state index in [0.717, 1.165) is 44.5 Å². The molecule has 30 heavy (non-hydrogen) atoms. The van der Waals surface area contributed by atoms with Crippen LogP contribution in [0.3, 0.4) is 0 Å². The highest BCUT2D eigenvalue weighted by Gasteiger charge is 2.25. The summed E-state index contributed by atoms with van der Waals surface area (Å²) in [4.78, 5) is 23.1. The van der Waals surface area contributed by atoms with Crippen LogP contribution in [0.15, 0.2) is 47.5 Å². The predicted octanol–water partition coefficient (Wildman–Crippen LogP) is 3.01. The number of amides is 1. The van der Waals surface area contributed by atoms with Crippen LogP contribution in [-0.4, -0.2) is 50.1 Å². The molecule has 1 aliphatic heterocycles. The number of piperidine rings is 1. The Morgan fingerprint density at radius 2 is 2.10 bits per heavy atom. The summed E-state index contributed by atoms with van der Waals surface area (Å²) in [7, 11) is 0. The summed E-state index contributed by atoms with van der Waals surface area (Å²) in [5.41, 5.74) is 0.762. The highest BCUT2D eigenvalue weighted by Crippen LogP contribution is 2.25. The summed E-state index contributed by atoms with van der Waals surface area (Å²) in [5.74, 6) is 1.28. The summed E-state index contributed by atoms with van der Waals surface area (Å²) in [6.45, 7) is 3.79. The Kier molecular flexibility index (Phi) is 6.76. The average Bonchev–Trinajstić information content (AvgIpc) is 3.44. The van der Waals surface area contributed by atoms with Crippen LogP contribution < -0.4 is 5.32 Å². The van der Waals surface area contributed by atoms with Crippen LogP contribution in [0.5, 0.6) is 0 Å². The lowest BCUT2D eigenvalue weighted by Gasteiger charge is -2.30. The molecule has 3 aromatic rings. The first-order valence-electron chi connectivity index (χ1n) is 10.2. The topological polar surface area (TPSA) is 89.1 Å². The largest absolute Gasteiger partial charge is 0.356 e. The molecule has 1 aromatic carbocycles. The molecule has 1 aliphatic rings. The van der Waals surface area contributed by atoms with Crippen LogP contribution in [0.2, 0.25) is 5.02 Å². The number of halogens is 1. The number of aryl methyl sites for hydroxylation is 1. The molecule has 8 nitrogen and oxygen atoms in total. The monoisotopic (exact) mass is 428 g/mol. The Hall–Kier alpha value is -2.71. The van der Waals surface area contributed by atoms with Gasteiger partial charge in [0.05, 0.1) is 17.9 Å². The standard InChI is InChI=1S/C21H25ClN6O2/c22-18-5-2-1-4-17(18)20-25-19(30-26-20)14-27-11-6-16(7-12-27)21(29)24-8-3-10-28-13-9-23-15-28/h1-2,4-5,9,13,15-16H,3,6-8,10-12,14H2,(H,24,29). The molecule has 158 valence electrons. The van der Waals surface area contributed by atoms with E-state index in [0.29, 0.717) is 29.8 Å². The van der Waals surface area contributed by atoms with Crippen LogP contribution in [0.25, 0.3) is 11.4 Å². The van der Waals surface area contributed by atoms with E-state index in [1.54, 1.807) is 18.6 Å². The molecule has 1 fully saturated rings. The molecular formula is C21H25ClN6O2. The second-order valence-electron chi connectivity index (χ2n) is 7.49. The van der Waals surface area contributed by atoms with Gasteiger partial charge in [-0.3, -0.25) is 9.69 Å². The van der Waals surface area contributed by atoms with E-state index in [9.17, 15) is 4.79 Å². The number of nitrogens with one attached hydrogen (secondary N) is 1. The minimum Gasteiger partial charge on any atom is -0.356 e. The molecule has 3 heterocycles. The minimum atomic E-state index is 0.0656. The average molecular weight is 429 g/mol. The summed E-state index contributed by atoms with van der Waals surface area (Å²) in [5, 5.41) is 7.71. The maximum Gasteiger partial charge on any atom is 0.241 e. The van der Waals surface area contributed by atoms with Gasteiger partial charge in [0.25, 0.3) is 0 Å². The number of carbonyl (C=O) groups is 1. The molecule has 2 aromatic heterocycles. The van der Waals surface area contributed by atoms with Crippen LogP contribution >= 0.6 is 11.6 Å². The maximum atomic E-state index is 12.4. The van der Waals surface area contributed by atoms with Gasteiger partial charge in [-0.2, -0.15) is 4.98 Å². The number of carbonyl (C=O) groups excluding carboxylic acids is 1. The van der Waals surface area contributed by atoms with Crippen molar-refractivity contribution < 1.29 is 9.32 Å². The van der Waals surface area contributed by atoms with Crippen molar-refractivity contribution in [1.82, 2.24) is 29.9 Å². The molecule has 4 rings (SSSR count). The van der Waals surface area contributed by atoms with Crippen molar-refractivity contribution in [2.75, 3.05) is 19.6 Å². The lowest BCUT2D eigenvalue weighted by atomic mass is 9.96. The third-order valence-electron chi connectivity index (χ3n) is 5.35. The summed E-state index contributed by atoms with van der Waals surface area (Å²) >= 11 is 6.20. The molecule has 0 radical (unpaired) electrons. The van der Waals surface area contributed by atoms with Gasteiger partial charge in [0.2, 0.25) is 17.6 Å². The van der Waals surface area contributed by atoms with Gasteiger partial charge < -0.3 is 14.4 Å². The highest BCUT2D eigenvalue weighted by molar-refractivity contribution is 6.33. The first-order chi connectivity index (χ1) is 14.7. The zero-order valence-electron chi connectivity index (χ0n) is 16.7. The summed E-state index contributed by atoms with van der Waals surface area (Å²) in [6.07, 6.45) is 8.04. The zero-order valence-corrected chi connectivity index (χ0v) is 17.5. The third-order valence-corrected chi connectivity index (χ3v) is 5.68. The Morgan fingerprint density at radius 3 is 2.87 bits per heavy atom. The smallest absolute Gasteiger partial charge is 0.241 e. The van der Waals surface area contributed by atoms with Gasteiger partial charge in [0.15, 0.2) is 0 Å². The SMILES string of the molecule is O=C(NCCCn1ccnc1)C1CCN(Cc2nc(-c3ccccc3Cl)no2)CC1.